The maximum atomic E-state index is 13.5. The van der Waals surface area contributed by atoms with Gasteiger partial charge < -0.3 is 9.80 Å². The molecule has 9 heteroatoms. The van der Waals surface area contributed by atoms with Gasteiger partial charge in [-0.1, -0.05) is 12.1 Å². The molecule has 1 atom stereocenters. The van der Waals surface area contributed by atoms with E-state index in [2.05, 4.69) is 5.10 Å². The summed E-state index contributed by atoms with van der Waals surface area (Å²) >= 11 is 0. The van der Waals surface area contributed by atoms with Crippen LogP contribution in [-0.4, -0.2) is 58.1 Å². The number of carbonyl (C=O) groups excluding carboxylic acids is 2. The summed E-state index contributed by atoms with van der Waals surface area (Å²) in [5, 5.41) is 3.60. The van der Waals surface area contributed by atoms with Gasteiger partial charge in [-0.25, -0.2) is 0 Å². The number of hydrogen-bond acceptors (Lipinski definition) is 3. The van der Waals surface area contributed by atoms with Gasteiger partial charge in [0.05, 0.1) is 0 Å². The fraction of sp³-hybridized carbons (Fsp3) is 0.476. The lowest BCUT2D eigenvalue weighted by atomic mass is 9.89. The molecule has 3 heterocycles. The highest BCUT2D eigenvalue weighted by atomic mass is 19.4. The van der Waals surface area contributed by atoms with Crippen LogP contribution < -0.4 is 0 Å². The quantitative estimate of drug-likeness (QED) is 0.767. The topological polar surface area (TPSA) is 58.4 Å². The first-order valence-electron chi connectivity index (χ1n) is 9.91. The van der Waals surface area contributed by atoms with Crippen LogP contribution in [0.5, 0.6) is 0 Å². The summed E-state index contributed by atoms with van der Waals surface area (Å²) in [6, 6.07) is 4.92. The maximum Gasteiger partial charge on any atom is 0.435 e. The summed E-state index contributed by atoms with van der Waals surface area (Å²) in [4.78, 5) is 28.2. The largest absolute Gasteiger partial charge is 0.435 e. The fourth-order valence-electron chi connectivity index (χ4n) is 4.46. The number of alkyl halides is 3. The van der Waals surface area contributed by atoms with Crippen LogP contribution >= 0.6 is 0 Å². The van der Waals surface area contributed by atoms with Gasteiger partial charge in [0.15, 0.2) is 5.69 Å². The fourth-order valence-corrected chi connectivity index (χ4v) is 4.46. The van der Waals surface area contributed by atoms with Gasteiger partial charge in [-0.15, -0.1) is 0 Å². The normalized spacial score (nSPS) is 20.0. The molecule has 0 spiro atoms. The third-order valence-corrected chi connectivity index (χ3v) is 5.92. The van der Waals surface area contributed by atoms with Crippen molar-refractivity contribution in [2.45, 2.75) is 25.4 Å². The molecule has 1 aromatic heterocycles. The number of fused-ring (bicyclic) bond motifs is 1. The molecule has 6 nitrogen and oxygen atoms in total. The molecule has 1 aromatic carbocycles. The summed E-state index contributed by atoms with van der Waals surface area (Å²) in [6.07, 6.45) is -1.53. The number of nitrogens with zero attached hydrogens (tertiary/aromatic N) is 4. The molecule has 1 saturated heterocycles. The predicted molar refractivity (Wildman–Crippen MR) is 104 cm³/mol. The zero-order chi connectivity index (χ0) is 21.6. The summed E-state index contributed by atoms with van der Waals surface area (Å²) in [5.41, 5.74) is 0.534. The van der Waals surface area contributed by atoms with E-state index in [0.717, 1.165) is 11.1 Å². The van der Waals surface area contributed by atoms with Crippen LogP contribution in [0.3, 0.4) is 0 Å². The Balaban J connectivity index is 1.62. The van der Waals surface area contributed by atoms with Gasteiger partial charge in [-0.2, -0.15) is 18.3 Å². The van der Waals surface area contributed by atoms with Crippen molar-refractivity contribution in [2.24, 2.45) is 13.0 Å². The Morgan fingerprint density at radius 3 is 2.53 bits per heavy atom. The second kappa shape index (κ2) is 7.45. The van der Waals surface area contributed by atoms with Crippen LogP contribution in [0.25, 0.3) is 11.1 Å². The Morgan fingerprint density at radius 1 is 1.10 bits per heavy atom. The number of hydrogen-bond donors (Lipinski definition) is 0. The molecule has 160 valence electrons. The van der Waals surface area contributed by atoms with Gasteiger partial charge in [0.25, 0.3) is 5.91 Å². The standard InChI is InChI=1S/C21H23F3N4O2/c1-26-10-13(6-7-18(26)29)11-28-9-8-15-14(4-3-5-16(15)20(28)30)17-12-27(2)25-19(17)21(22,23)24/h3-5,12-13H,6-11H2,1-2H3. The van der Waals surface area contributed by atoms with E-state index in [9.17, 15) is 22.8 Å². The molecule has 1 fully saturated rings. The molecule has 2 aliphatic rings. The zero-order valence-corrected chi connectivity index (χ0v) is 16.9. The van der Waals surface area contributed by atoms with E-state index in [0.29, 0.717) is 49.2 Å². The minimum atomic E-state index is -4.57. The lowest BCUT2D eigenvalue weighted by Gasteiger charge is -2.36. The minimum absolute atomic E-state index is 0.00415. The number of amides is 2. The lowest BCUT2D eigenvalue weighted by molar-refractivity contribution is -0.141. The van der Waals surface area contributed by atoms with Gasteiger partial charge in [-0.3, -0.25) is 14.3 Å². The molecule has 0 bridgehead atoms. The van der Waals surface area contributed by atoms with Crippen molar-refractivity contribution in [2.75, 3.05) is 26.7 Å². The van der Waals surface area contributed by atoms with Crippen LogP contribution in [0.2, 0.25) is 0 Å². The minimum Gasteiger partial charge on any atom is -0.345 e. The molecule has 4 rings (SSSR count). The number of likely N-dealkylation sites (tertiary alicyclic amines) is 1. The van der Waals surface area contributed by atoms with Crippen LogP contribution in [0.1, 0.15) is 34.5 Å². The number of aromatic nitrogens is 2. The molecule has 30 heavy (non-hydrogen) atoms. The first-order chi connectivity index (χ1) is 14.1. The van der Waals surface area contributed by atoms with E-state index in [-0.39, 0.29) is 23.3 Å². The Kier molecular flexibility index (Phi) is 5.07. The number of carbonyl (C=O) groups is 2. The highest BCUT2D eigenvalue weighted by molar-refractivity contribution is 5.99. The van der Waals surface area contributed by atoms with Crippen molar-refractivity contribution in [1.29, 1.82) is 0 Å². The summed E-state index contributed by atoms with van der Waals surface area (Å²) in [6.45, 7) is 1.60. The molecule has 0 N–H and O–H groups in total. The highest BCUT2D eigenvalue weighted by Crippen LogP contribution is 2.39. The van der Waals surface area contributed by atoms with E-state index in [1.165, 1.54) is 13.2 Å². The first-order valence-corrected chi connectivity index (χ1v) is 9.91. The third kappa shape index (κ3) is 3.68. The SMILES string of the molecule is CN1CC(CN2CCc3c(cccc3-c3cn(C)nc3C(F)(F)F)C2=O)CCC1=O. The second-order valence-electron chi connectivity index (χ2n) is 8.07. The average Bonchev–Trinajstić information content (AvgIpc) is 3.09. The van der Waals surface area contributed by atoms with Crippen molar-refractivity contribution in [3.63, 3.8) is 0 Å². The summed E-state index contributed by atoms with van der Waals surface area (Å²) in [5.74, 6) is 0.148. The molecule has 0 radical (unpaired) electrons. The van der Waals surface area contributed by atoms with Crippen molar-refractivity contribution >= 4 is 11.8 Å². The third-order valence-electron chi connectivity index (χ3n) is 5.92. The second-order valence-corrected chi connectivity index (χ2v) is 8.07. The maximum absolute atomic E-state index is 13.5. The van der Waals surface area contributed by atoms with E-state index in [1.807, 2.05) is 0 Å². The molecular formula is C21H23F3N4O2. The van der Waals surface area contributed by atoms with Crippen LogP contribution in [0.4, 0.5) is 13.2 Å². The summed E-state index contributed by atoms with van der Waals surface area (Å²) < 4.78 is 41.5. The highest BCUT2D eigenvalue weighted by Gasteiger charge is 2.39. The Morgan fingerprint density at radius 2 is 1.83 bits per heavy atom. The molecule has 2 aliphatic heterocycles. The van der Waals surface area contributed by atoms with Crippen molar-refractivity contribution in [3.8, 4) is 11.1 Å². The molecule has 0 aliphatic carbocycles. The molecule has 2 amide bonds. The van der Waals surface area contributed by atoms with Crippen LogP contribution in [-0.2, 0) is 24.4 Å². The van der Waals surface area contributed by atoms with Gasteiger partial charge in [0.2, 0.25) is 5.91 Å². The van der Waals surface area contributed by atoms with Crippen molar-refractivity contribution < 1.29 is 22.8 Å². The number of benzene rings is 1. The van der Waals surface area contributed by atoms with E-state index < -0.39 is 11.9 Å². The van der Waals surface area contributed by atoms with Gasteiger partial charge in [0.1, 0.15) is 0 Å². The molecule has 0 saturated carbocycles. The lowest BCUT2D eigenvalue weighted by Crippen LogP contribution is -2.45. The molecular weight excluding hydrogens is 397 g/mol. The van der Waals surface area contributed by atoms with E-state index in [1.54, 1.807) is 35.0 Å². The van der Waals surface area contributed by atoms with Gasteiger partial charge >= 0.3 is 6.18 Å². The van der Waals surface area contributed by atoms with E-state index in [4.69, 9.17) is 0 Å². The van der Waals surface area contributed by atoms with Crippen LogP contribution in [0.15, 0.2) is 24.4 Å². The van der Waals surface area contributed by atoms with Gasteiger partial charge in [-0.05, 0) is 36.0 Å². The summed E-state index contributed by atoms with van der Waals surface area (Å²) in [7, 11) is 3.22. The smallest absolute Gasteiger partial charge is 0.345 e. The monoisotopic (exact) mass is 420 g/mol. The van der Waals surface area contributed by atoms with Crippen molar-refractivity contribution in [1.82, 2.24) is 19.6 Å². The van der Waals surface area contributed by atoms with E-state index >= 15 is 0 Å². The average molecular weight is 420 g/mol. The molecule has 2 aromatic rings. The van der Waals surface area contributed by atoms with Gasteiger partial charge in [0, 0.05) is 57.5 Å². The Hall–Kier alpha value is -2.84. The van der Waals surface area contributed by atoms with Crippen molar-refractivity contribution in [3.05, 3.63) is 41.2 Å². The number of rotatable bonds is 3. The molecule has 1 unspecified atom stereocenters. The Bertz CT molecular complexity index is 999. The zero-order valence-electron chi connectivity index (χ0n) is 16.9. The number of piperidine rings is 1. The van der Waals surface area contributed by atoms with Crippen LogP contribution in [0, 0.1) is 5.92 Å². The number of halogens is 3. The number of aryl methyl sites for hydroxylation is 1. The predicted octanol–water partition coefficient (Wildman–Crippen LogP) is 2.97. The first kappa shape index (κ1) is 20.4. The Labute approximate surface area is 172 Å².